The Morgan fingerprint density at radius 1 is 1.25 bits per heavy atom. The Hall–Kier alpha value is -1.66. The van der Waals surface area contributed by atoms with Gasteiger partial charge in [0.1, 0.15) is 16.7 Å². The Morgan fingerprint density at radius 2 is 2.00 bits per heavy atom. The molecule has 0 aromatic carbocycles. The number of carbonyl (C=O) groups is 1. The third-order valence-electron chi connectivity index (χ3n) is 5.12. The molecule has 7 heteroatoms. The molecule has 1 fully saturated rings. The summed E-state index contributed by atoms with van der Waals surface area (Å²) in [7, 11) is 0. The lowest BCUT2D eigenvalue weighted by atomic mass is 9.97. The van der Waals surface area contributed by atoms with E-state index in [0.717, 1.165) is 49.9 Å². The highest BCUT2D eigenvalue weighted by atomic mass is 35.5. The molecule has 6 nitrogen and oxygen atoms in total. The lowest BCUT2D eigenvalue weighted by molar-refractivity contribution is -0.143. The van der Waals surface area contributed by atoms with Crippen molar-refractivity contribution >= 4 is 28.7 Å². The summed E-state index contributed by atoms with van der Waals surface area (Å²) in [6.45, 7) is 2.06. The number of carboxylic acids is 1. The number of nitrogens with zero attached hydrogens (tertiary/aromatic N) is 3. The topological polar surface area (TPSA) is 79.5 Å². The third-order valence-corrected chi connectivity index (χ3v) is 5.39. The summed E-state index contributed by atoms with van der Waals surface area (Å²) in [6, 6.07) is 0. The largest absolute Gasteiger partial charge is 0.481 e. The van der Waals surface area contributed by atoms with E-state index in [1.54, 1.807) is 0 Å². The van der Waals surface area contributed by atoms with Crippen molar-refractivity contribution in [2.45, 2.75) is 45.1 Å². The molecule has 128 valence electrons. The minimum Gasteiger partial charge on any atom is -0.481 e. The first-order valence-corrected chi connectivity index (χ1v) is 8.91. The molecule has 2 aromatic rings. The Morgan fingerprint density at radius 3 is 2.75 bits per heavy atom. The van der Waals surface area contributed by atoms with Crippen LogP contribution in [0.5, 0.6) is 0 Å². The smallest absolute Gasteiger partial charge is 0.306 e. The minimum atomic E-state index is -0.698. The molecule has 4 rings (SSSR count). The van der Waals surface area contributed by atoms with Crippen molar-refractivity contribution in [3.8, 4) is 0 Å². The molecule has 0 amide bonds. The maximum Gasteiger partial charge on any atom is 0.306 e. The SMILES string of the molecule is O=C(O)C1CCN(Cc2nc(Cl)c3c4c(oc3n2)CCCC4)CC1. The van der Waals surface area contributed by atoms with Crippen LogP contribution in [0.2, 0.25) is 5.15 Å². The molecular weight excluding hydrogens is 330 g/mol. The summed E-state index contributed by atoms with van der Waals surface area (Å²) >= 11 is 6.42. The van der Waals surface area contributed by atoms with E-state index >= 15 is 0 Å². The average molecular weight is 350 g/mol. The fourth-order valence-electron chi connectivity index (χ4n) is 3.76. The zero-order valence-corrected chi connectivity index (χ0v) is 14.2. The first-order chi connectivity index (χ1) is 11.6. The molecular formula is C17H20ClN3O3. The van der Waals surface area contributed by atoms with E-state index in [0.29, 0.717) is 36.1 Å². The van der Waals surface area contributed by atoms with E-state index < -0.39 is 5.97 Å². The Balaban J connectivity index is 1.54. The maximum absolute atomic E-state index is 11.0. The molecule has 2 aliphatic rings. The molecule has 24 heavy (non-hydrogen) atoms. The quantitative estimate of drug-likeness (QED) is 0.858. The van der Waals surface area contributed by atoms with Crippen molar-refractivity contribution in [3.63, 3.8) is 0 Å². The summed E-state index contributed by atoms with van der Waals surface area (Å²) in [5.41, 5.74) is 1.77. The fraction of sp³-hybridized carbons (Fsp3) is 0.588. The fourth-order valence-corrected chi connectivity index (χ4v) is 4.06. The molecule has 1 N–H and O–H groups in total. The van der Waals surface area contributed by atoms with Crippen molar-refractivity contribution < 1.29 is 14.3 Å². The van der Waals surface area contributed by atoms with E-state index in [9.17, 15) is 4.79 Å². The molecule has 0 bridgehead atoms. The number of carboxylic acid groups (broad SMARTS) is 1. The number of hydrogen-bond donors (Lipinski definition) is 1. The van der Waals surface area contributed by atoms with Gasteiger partial charge in [-0.1, -0.05) is 11.6 Å². The lowest BCUT2D eigenvalue weighted by Gasteiger charge is -2.29. The Kier molecular flexibility index (Phi) is 4.18. The van der Waals surface area contributed by atoms with Gasteiger partial charge in [0.05, 0.1) is 17.8 Å². The van der Waals surface area contributed by atoms with Gasteiger partial charge in [0.15, 0.2) is 0 Å². The van der Waals surface area contributed by atoms with Gasteiger partial charge in [-0.2, -0.15) is 4.98 Å². The van der Waals surface area contributed by atoms with E-state index in [4.69, 9.17) is 21.1 Å². The summed E-state index contributed by atoms with van der Waals surface area (Å²) in [6.07, 6.45) is 5.55. The first-order valence-electron chi connectivity index (χ1n) is 8.53. The average Bonchev–Trinajstić information content (AvgIpc) is 2.94. The summed E-state index contributed by atoms with van der Waals surface area (Å²) in [4.78, 5) is 22.2. The van der Waals surface area contributed by atoms with Crippen LogP contribution in [0.25, 0.3) is 11.1 Å². The van der Waals surface area contributed by atoms with Crippen LogP contribution in [0.15, 0.2) is 4.42 Å². The van der Waals surface area contributed by atoms with Crippen LogP contribution in [0.4, 0.5) is 0 Å². The van der Waals surface area contributed by atoms with E-state index in [1.807, 2.05) is 0 Å². The van der Waals surface area contributed by atoms with Gasteiger partial charge < -0.3 is 9.52 Å². The van der Waals surface area contributed by atoms with Crippen LogP contribution in [-0.4, -0.2) is 39.0 Å². The number of aromatic nitrogens is 2. The predicted molar refractivity (Wildman–Crippen MR) is 89.1 cm³/mol. The van der Waals surface area contributed by atoms with Gasteiger partial charge in [-0.05, 0) is 45.2 Å². The number of likely N-dealkylation sites (tertiary alicyclic amines) is 1. The number of rotatable bonds is 3. The number of furan rings is 1. The zero-order chi connectivity index (χ0) is 16.7. The maximum atomic E-state index is 11.0. The molecule has 3 heterocycles. The molecule has 0 unspecified atom stereocenters. The van der Waals surface area contributed by atoms with Gasteiger partial charge >= 0.3 is 5.97 Å². The highest BCUT2D eigenvalue weighted by Crippen LogP contribution is 2.34. The highest BCUT2D eigenvalue weighted by molar-refractivity contribution is 6.34. The molecule has 0 spiro atoms. The molecule has 0 radical (unpaired) electrons. The van der Waals surface area contributed by atoms with Crippen LogP contribution in [0, 0.1) is 5.92 Å². The number of piperidine rings is 1. The Bertz CT molecular complexity index is 781. The van der Waals surface area contributed by atoms with Crippen LogP contribution >= 0.6 is 11.6 Å². The number of aliphatic carboxylic acids is 1. The van der Waals surface area contributed by atoms with Gasteiger partial charge in [0.25, 0.3) is 0 Å². The van der Waals surface area contributed by atoms with Crippen molar-refractivity contribution in [1.82, 2.24) is 14.9 Å². The second-order valence-corrected chi connectivity index (χ2v) is 7.07. The number of hydrogen-bond acceptors (Lipinski definition) is 5. The van der Waals surface area contributed by atoms with E-state index in [2.05, 4.69) is 14.9 Å². The highest BCUT2D eigenvalue weighted by Gasteiger charge is 2.26. The number of halogens is 1. The number of fused-ring (bicyclic) bond motifs is 3. The Labute approximate surface area is 144 Å². The molecule has 0 atom stereocenters. The van der Waals surface area contributed by atoms with Crippen molar-refractivity contribution in [3.05, 3.63) is 22.3 Å². The summed E-state index contributed by atoms with van der Waals surface area (Å²) in [5, 5.41) is 10.4. The van der Waals surface area contributed by atoms with Crippen molar-refractivity contribution in [1.29, 1.82) is 0 Å². The molecule has 1 aliphatic heterocycles. The molecule has 2 aromatic heterocycles. The first kappa shape index (κ1) is 15.8. The molecule has 1 aliphatic carbocycles. The van der Waals surface area contributed by atoms with Crippen LogP contribution in [0.1, 0.15) is 42.8 Å². The zero-order valence-electron chi connectivity index (χ0n) is 13.4. The van der Waals surface area contributed by atoms with Crippen LogP contribution < -0.4 is 0 Å². The standard InChI is InChI=1S/C17H20ClN3O3/c18-15-14-11-3-1-2-4-12(11)24-16(14)20-13(19-15)9-21-7-5-10(6-8-21)17(22)23/h10H,1-9H2,(H,22,23). The second-order valence-electron chi connectivity index (χ2n) is 6.71. The third kappa shape index (κ3) is 2.89. The van der Waals surface area contributed by atoms with Gasteiger partial charge in [-0.25, -0.2) is 4.98 Å². The van der Waals surface area contributed by atoms with E-state index in [-0.39, 0.29) is 5.92 Å². The monoisotopic (exact) mass is 349 g/mol. The predicted octanol–water partition coefficient (Wildman–Crippen LogP) is 3.05. The van der Waals surface area contributed by atoms with Crippen LogP contribution in [0.3, 0.4) is 0 Å². The number of aryl methyl sites for hydroxylation is 2. The van der Waals surface area contributed by atoms with Gasteiger partial charge in [-0.15, -0.1) is 0 Å². The van der Waals surface area contributed by atoms with Gasteiger partial charge in [0, 0.05) is 12.0 Å². The van der Waals surface area contributed by atoms with Crippen LogP contribution in [-0.2, 0) is 24.2 Å². The minimum absolute atomic E-state index is 0.231. The second kappa shape index (κ2) is 6.33. The van der Waals surface area contributed by atoms with Gasteiger partial charge in [0.2, 0.25) is 5.71 Å². The summed E-state index contributed by atoms with van der Waals surface area (Å²) < 4.78 is 5.92. The normalized spacial score (nSPS) is 19.5. The van der Waals surface area contributed by atoms with Crippen molar-refractivity contribution in [2.24, 2.45) is 5.92 Å². The van der Waals surface area contributed by atoms with Crippen molar-refractivity contribution in [2.75, 3.05) is 13.1 Å². The van der Waals surface area contributed by atoms with Gasteiger partial charge in [-0.3, -0.25) is 9.69 Å². The summed E-state index contributed by atoms with van der Waals surface area (Å²) in [5.74, 6) is 0.723. The molecule has 0 saturated carbocycles. The van der Waals surface area contributed by atoms with E-state index in [1.165, 1.54) is 5.56 Å². The molecule has 1 saturated heterocycles. The lowest BCUT2D eigenvalue weighted by Crippen LogP contribution is -2.36.